The van der Waals surface area contributed by atoms with Gasteiger partial charge in [-0.15, -0.1) is 0 Å². The fourth-order valence-corrected chi connectivity index (χ4v) is 3.87. The molecule has 0 saturated heterocycles. The fourth-order valence-electron chi connectivity index (χ4n) is 3.42. The van der Waals surface area contributed by atoms with Crippen molar-refractivity contribution in [3.63, 3.8) is 0 Å². The minimum atomic E-state index is -0.423. The molecule has 0 aliphatic heterocycles. The SMILES string of the molecule is COc1ccc(CCNCc2c(Br)ccc(OC)c2OCc2ccc([N+](=O)[O-])cc2)cc1OC. The number of hydrogen-bond donors (Lipinski definition) is 1. The molecule has 0 aromatic heterocycles. The molecule has 0 aliphatic carbocycles. The largest absolute Gasteiger partial charge is 0.493 e. The van der Waals surface area contributed by atoms with Gasteiger partial charge in [0, 0.05) is 28.7 Å². The summed E-state index contributed by atoms with van der Waals surface area (Å²) in [4.78, 5) is 10.4. The Labute approximate surface area is 207 Å². The van der Waals surface area contributed by atoms with Crippen molar-refractivity contribution in [2.45, 2.75) is 19.6 Å². The number of nitro benzene ring substituents is 1. The first kappa shape index (κ1) is 25.3. The molecule has 0 amide bonds. The van der Waals surface area contributed by atoms with Gasteiger partial charge in [-0.1, -0.05) is 22.0 Å². The van der Waals surface area contributed by atoms with E-state index < -0.39 is 4.92 Å². The van der Waals surface area contributed by atoms with Crippen LogP contribution in [-0.4, -0.2) is 32.8 Å². The van der Waals surface area contributed by atoms with Crippen LogP contribution in [0.15, 0.2) is 59.1 Å². The van der Waals surface area contributed by atoms with Crippen LogP contribution in [0.3, 0.4) is 0 Å². The molecule has 0 unspecified atom stereocenters. The van der Waals surface area contributed by atoms with E-state index in [1.807, 2.05) is 30.3 Å². The minimum absolute atomic E-state index is 0.0446. The number of nitrogens with one attached hydrogen (secondary N) is 1. The summed E-state index contributed by atoms with van der Waals surface area (Å²) in [6.07, 6.45) is 0.806. The van der Waals surface area contributed by atoms with E-state index in [2.05, 4.69) is 21.2 Å². The lowest BCUT2D eigenvalue weighted by Gasteiger charge is -2.17. The number of halogens is 1. The number of nitrogens with zero attached hydrogens (tertiary/aromatic N) is 1. The highest BCUT2D eigenvalue weighted by Gasteiger charge is 2.15. The van der Waals surface area contributed by atoms with Crippen molar-refractivity contribution in [1.29, 1.82) is 0 Å². The molecule has 1 N–H and O–H groups in total. The summed E-state index contributed by atoms with van der Waals surface area (Å²) in [5.41, 5.74) is 2.92. The van der Waals surface area contributed by atoms with Crippen molar-refractivity contribution in [2.24, 2.45) is 0 Å². The summed E-state index contributed by atoms with van der Waals surface area (Å²) in [6, 6.07) is 15.9. The van der Waals surface area contributed by atoms with E-state index in [-0.39, 0.29) is 12.3 Å². The first-order valence-electron chi connectivity index (χ1n) is 10.6. The van der Waals surface area contributed by atoms with Crippen molar-refractivity contribution in [3.8, 4) is 23.0 Å². The van der Waals surface area contributed by atoms with E-state index in [1.54, 1.807) is 33.5 Å². The Morgan fingerprint density at radius 1 is 0.882 bits per heavy atom. The van der Waals surface area contributed by atoms with Gasteiger partial charge in [-0.3, -0.25) is 10.1 Å². The van der Waals surface area contributed by atoms with E-state index in [0.29, 0.717) is 29.5 Å². The summed E-state index contributed by atoms with van der Waals surface area (Å²) in [6.45, 7) is 1.55. The molecule has 9 heteroatoms. The predicted molar refractivity (Wildman–Crippen MR) is 133 cm³/mol. The molecule has 0 radical (unpaired) electrons. The Morgan fingerprint density at radius 3 is 2.18 bits per heavy atom. The Morgan fingerprint density at radius 2 is 1.53 bits per heavy atom. The highest BCUT2D eigenvalue weighted by Crippen LogP contribution is 2.37. The number of methoxy groups -OCH3 is 3. The van der Waals surface area contributed by atoms with Gasteiger partial charge in [0.05, 0.1) is 26.3 Å². The van der Waals surface area contributed by atoms with Crippen LogP contribution in [0.1, 0.15) is 16.7 Å². The molecule has 0 fully saturated rings. The zero-order chi connectivity index (χ0) is 24.5. The van der Waals surface area contributed by atoms with E-state index in [0.717, 1.165) is 34.1 Å². The molecule has 0 atom stereocenters. The third-order valence-corrected chi connectivity index (χ3v) is 6.00. The fraction of sp³-hybridized carbons (Fsp3) is 0.280. The summed E-state index contributed by atoms with van der Waals surface area (Å²) in [5.74, 6) is 2.64. The Balaban J connectivity index is 1.66. The first-order chi connectivity index (χ1) is 16.5. The molecule has 0 spiro atoms. The third kappa shape index (κ3) is 6.39. The highest BCUT2D eigenvalue weighted by molar-refractivity contribution is 9.10. The van der Waals surface area contributed by atoms with Crippen molar-refractivity contribution < 1.29 is 23.9 Å². The second-order valence-electron chi connectivity index (χ2n) is 7.39. The second kappa shape index (κ2) is 12.2. The quantitative estimate of drug-likeness (QED) is 0.193. The maximum absolute atomic E-state index is 10.9. The van der Waals surface area contributed by atoms with E-state index in [4.69, 9.17) is 18.9 Å². The van der Waals surface area contributed by atoms with Crippen LogP contribution in [0.2, 0.25) is 0 Å². The van der Waals surface area contributed by atoms with Crippen molar-refractivity contribution in [1.82, 2.24) is 5.32 Å². The zero-order valence-electron chi connectivity index (χ0n) is 19.3. The molecule has 180 valence electrons. The van der Waals surface area contributed by atoms with Crippen molar-refractivity contribution in [2.75, 3.05) is 27.9 Å². The van der Waals surface area contributed by atoms with Crippen molar-refractivity contribution >= 4 is 21.6 Å². The molecule has 0 saturated carbocycles. The first-order valence-corrected chi connectivity index (χ1v) is 11.4. The molecular weight excluding hydrogens is 504 g/mol. The molecule has 8 nitrogen and oxygen atoms in total. The molecule has 3 aromatic carbocycles. The molecule has 0 heterocycles. The standard InChI is InChI=1S/C25H27BrN2O6/c1-31-22-10-6-17(14-24(22)33-3)12-13-27-15-20-21(26)9-11-23(32-2)25(20)34-16-18-4-7-19(8-5-18)28(29)30/h4-11,14,27H,12-13,15-16H2,1-3H3. The third-order valence-electron chi connectivity index (χ3n) is 5.26. The molecule has 3 rings (SSSR count). The molecule has 0 aliphatic rings. The Bertz CT molecular complexity index is 1120. The summed E-state index contributed by atoms with van der Waals surface area (Å²) < 4.78 is 23.2. The van der Waals surface area contributed by atoms with E-state index in [9.17, 15) is 10.1 Å². The van der Waals surface area contributed by atoms with Gasteiger partial charge in [-0.05, 0) is 60.5 Å². The van der Waals surface area contributed by atoms with E-state index in [1.165, 1.54) is 12.1 Å². The average molecular weight is 531 g/mol. The van der Waals surface area contributed by atoms with Gasteiger partial charge in [0.25, 0.3) is 5.69 Å². The summed E-state index contributed by atoms with van der Waals surface area (Å²) >= 11 is 3.61. The molecule has 34 heavy (non-hydrogen) atoms. The predicted octanol–water partition coefficient (Wildman–Crippen LogP) is 5.29. The monoisotopic (exact) mass is 530 g/mol. The van der Waals surface area contributed by atoms with Crippen LogP contribution in [0.25, 0.3) is 0 Å². The van der Waals surface area contributed by atoms with Gasteiger partial charge in [0.2, 0.25) is 0 Å². The number of hydrogen-bond acceptors (Lipinski definition) is 7. The lowest BCUT2D eigenvalue weighted by molar-refractivity contribution is -0.384. The van der Waals surface area contributed by atoms with Gasteiger partial charge < -0.3 is 24.3 Å². The number of rotatable bonds is 12. The molecule has 3 aromatic rings. The average Bonchev–Trinajstić information content (AvgIpc) is 2.86. The Kier molecular flexibility index (Phi) is 9.12. The topological polar surface area (TPSA) is 92.1 Å². The van der Waals surface area contributed by atoms with Gasteiger partial charge in [0.1, 0.15) is 6.61 Å². The van der Waals surface area contributed by atoms with Crippen molar-refractivity contribution in [3.05, 3.63) is 85.9 Å². The van der Waals surface area contributed by atoms with Gasteiger partial charge in [-0.2, -0.15) is 0 Å². The van der Waals surface area contributed by atoms with Crippen LogP contribution >= 0.6 is 15.9 Å². The second-order valence-corrected chi connectivity index (χ2v) is 8.24. The number of nitro groups is 1. The molecule has 0 bridgehead atoms. The maximum Gasteiger partial charge on any atom is 0.269 e. The number of ether oxygens (including phenoxy) is 4. The van der Waals surface area contributed by atoms with Gasteiger partial charge in [-0.25, -0.2) is 0 Å². The molecular formula is C25H27BrN2O6. The lowest BCUT2D eigenvalue weighted by Crippen LogP contribution is -2.18. The summed E-state index contributed by atoms with van der Waals surface area (Å²) in [5, 5.41) is 14.3. The van der Waals surface area contributed by atoms with Crippen LogP contribution < -0.4 is 24.3 Å². The van der Waals surface area contributed by atoms with Gasteiger partial charge in [0.15, 0.2) is 23.0 Å². The van der Waals surface area contributed by atoms with Crippen LogP contribution in [0, 0.1) is 10.1 Å². The Hall–Kier alpha value is -3.30. The van der Waals surface area contributed by atoms with E-state index >= 15 is 0 Å². The zero-order valence-corrected chi connectivity index (χ0v) is 20.9. The highest BCUT2D eigenvalue weighted by atomic mass is 79.9. The summed E-state index contributed by atoms with van der Waals surface area (Å²) in [7, 11) is 4.83. The van der Waals surface area contributed by atoms with Gasteiger partial charge >= 0.3 is 0 Å². The lowest BCUT2D eigenvalue weighted by atomic mass is 10.1. The number of benzene rings is 3. The van der Waals surface area contributed by atoms with Crippen LogP contribution in [0.4, 0.5) is 5.69 Å². The number of non-ortho nitro benzene ring substituents is 1. The normalized spacial score (nSPS) is 10.6. The smallest absolute Gasteiger partial charge is 0.269 e. The van der Waals surface area contributed by atoms with Crippen LogP contribution in [-0.2, 0) is 19.6 Å². The minimum Gasteiger partial charge on any atom is -0.493 e. The van der Waals surface area contributed by atoms with Crippen LogP contribution in [0.5, 0.6) is 23.0 Å². The maximum atomic E-state index is 10.9.